The van der Waals surface area contributed by atoms with E-state index < -0.39 is 15.9 Å². The average Bonchev–Trinajstić information content (AvgIpc) is 3.25. The molecule has 10 heteroatoms. The van der Waals surface area contributed by atoms with Gasteiger partial charge in [0, 0.05) is 5.56 Å². The Morgan fingerprint density at radius 3 is 2.57 bits per heavy atom. The molecule has 0 fully saturated rings. The molecule has 0 aliphatic rings. The van der Waals surface area contributed by atoms with Gasteiger partial charge in [-0.15, -0.1) is 0 Å². The summed E-state index contributed by atoms with van der Waals surface area (Å²) in [5.41, 5.74) is 5.79. The molecule has 0 saturated heterocycles. The predicted octanol–water partition coefficient (Wildman–Crippen LogP) is 2.56. The summed E-state index contributed by atoms with van der Waals surface area (Å²) < 4.78 is 33.0. The summed E-state index contributed by atoms with van der Waals surface area (Å²) in [6, 6.07) is 13.9. The van der Waals surface area contributed by atoms with Crippen LogP contribution in [0.3, 0.4) is 0 Å². The molecule has 0 bridgehead atoms. The first kappa shape index (κ1) is 21.3. The second kappa shape index (κ2) is 9.42. The lowest BCUT2D eigenvalue weighted by Crippen LogP contribution is -2.42. The van der Waals surface area contributed by atoms with Crippen molar-refractivity contribution in [1.82, 2.24) is 10.9 Å². The van der Waals surface area contributed by atoms with Crippen molar-refractivity contribution < 1.29 is 22.7 Å². The van der Waals surface area contributed by atoms with E-state index in [0.717, 1.165) is 5.56 Å². The van der Waals surface area contributed by atoms with E-state index >= 15 is 0 Å². The second-order valence-corrected chi connectivity index (χ2v) is 8.61. The van der Waals surface area contributed by atoms with Crippen LogP contribution in [0.5, 0.6) is 5.75 Å². The fraction of sp³-hybridized carbons (Fsp3) is 0.100. The second-order valence-electron chi connectivity index (χ2n) is 6.14. The molecular weight excluding hydrogens is 426 g/mol. The van der Waals surface area contributed by atoms with Crippen LogP contribution in [-0.4, -0.2) is 27.3 Å². The minimum absolute atomic E-state index is 0.0775. The Kier molecular flexibility index (Phi) is 6.70. The van der Waals surface area contributed by atoms with Gasteiger partial charge in [0.15, 0.2) is 0 Å². The SMILES string of the molecule is COc1ccccc1NS(=O)(=O)c1cccc(C(=O)NNC(=O)Cc2ccsc2)c1. The maximum Gasteiger partial charge on any atom is 0.269 e. The molecular formula is C20H19N3O5S2. The maximum atomic E-state index is 12.7. The van der Waals surface area contributed by atoms with E-state index in [2.05, 4.69) is 15.6 Å². The third-order valence-electron chi connectivity index (χ3n) is 4.02. The zero-order valence-electron chi connectivity index (χ0n) is 15.9. The normalized spacial score (nSPS) is 10.8. The van der Waals surface area contributed by atoms with Crippen molar-refractivity contribution in [3.8, 4) is 5.75 Å². The molecule has 0 aliphatic heterocycles. The molecule has 30 heavy (non-hydrogen) atoms. The Labute approximate surface area is 177 Å². The van der Waals surface area contributed by atoms with Crippen LogP contribution in [-0.2, 0) is 21.2 Å². The van der Waals surface area contributed by atoms with Gasteiger partial charge in [-0.1, -0.05) is 18.2 Å². The van der Waals surface area contributed by atoms with Gasteiger partial charge in [-0.25, -0.2) is 8.42 Å². The van der Waals surface area contributed by atoms with Crippen molar-refractivity contribution in [3.63, 3.8) is 0 Å². The standard InChI is InChI=1S/C20H19N3O5S2/c1-28-18-8-3-2-7-17(18)23-30(26,27)16-6-4-5-15(12-16)20(25)22-21-19(24)11-14-9-10-29-13-14/h2-10,12-13,23H,11H2,1H3,(H,21,24)(H,22,25). The number of hydrazine groups is 1. The topological polar surface area (TPSA) is 114 Å². The van der Waals surface area contributed by atoms with Gasteiger partial charge in [-0.05, 0) is 52.7 Å². The lowest BCUT2D eigenvalue weighted by atomic mass is 10.2. The van der Waals surface area contributed by atoms with Gasteiger partial charge in [0.25, 0.3) is 15.9 Å². The van der Waals surface area contributed by atoms with Crippen molar-refractivity contribution in [2.24, 2.45) is 0 Å². The van der Waals surface area contributed by atoms with Crippen LogP contribution in [0.1, 0.15) is 15.9 Å². The minimum Gasteiger partial charge on any atom is -0.495 e. The van der Waals surface area contributed by atoms with Gasteiger partial charge in [-0.2, -0.15) is 11.3 Å². The molecule has 0 unspecified atom stereocenters. The smallest absolute Gasteiger partial charge is 0.269 e. The number of thiophene rings is 1. The molecule has 0 spiro atoms. The first-order valence-corrected chi connectivity index (χ1v) is 11.2. The van der Waals surface area contributed by atoms with Gasteiger partial charge in [-0.3, -0.25) is 25.2 Å². The number of amides is 2. The van der Waals surface area contributed by atoms with E-state index in [-0.39, 0.29) is 28.5 Å². The van der Waals surface area contributed by atoms with Crippen molar-refractivity contribution in [2.45, 2.75) is 11.3 Å². The minimum atomic E-state index is -3.96. The number of carbonyl (C=O) groups excluding carboxylic acids is 2. The largest absolute Gasteiger partial charge is 0.495 e. The monoisotopic (exact) mass is 445 g/mol. The Morgan fingerprint density at radius 1 is 1.03 bits per heavy atom. The van der Waals surface area contributed by atoms with Gasteiger partial charge in [0.2, 0.25) is 5.91 Å². The van der Waals surface area contributed by atoms with E-state index in [9.17, 15) is 18.0 Å². The number of hydrogen-bond acceptors (Lipinski definition) is 6. The van der Waals surface area contributed by atoms with E-state index in [1.165, 1.54) is 42.7 Å². The highest BCUT2D eigenvalue weighted by Crippen LogP contribution is 2.26. The van der Waals surface area contributed by atoms with E-state index in [4.69, 9.17) is 4.74 Å². The average molecular weight is 446 g/mol. The van der Waals surface area contributed by atoms with Crippen molar-refractivity contribution in [1.29, 1.82) is 0 Å². The lowest BCUT2D eigenvalue weighted by molar-refractivity contribution is -0.121. The number of nitrogens with one attached hydrogen (secondary N) is 3. The number of rotatable bonds is 7. The van der Waals surface area contributed by atoms with Gasteiger partial charge in [0.1, 0.15) is 5.75 Å². The van der Waals surface area contributed by atoms with Crippen LogP contribution < -0.4 is 20.3 Å². The number of methoxy groups -OCH3 is 1. The van der Waals surface area contributed by atoms with E-state index in [0.29, 0.717) is 5.75 Å². The molecule has 2 aromatic carbocycles. The van der Waals surface area contributed by atoms with Crippen LogP contribution in [0, 0.1) is 0 Å². The zero-order chi connectivity index (χ0) is 21.6. The van der Waals surface area contributed by atoms with E-state index in [1.54, 1.807) is 24.3 Å². The molecule has 3 N–H and O–H groups in total. The van der Waals surface area contributed by atoms with Crippen LogP contribution in [0.4, 0.5) is 5.69 Å². The molecule has 3 aromatic rings. The summed E-state index contributed by atoms with van der Waals surface area (Å²) in [7, 11) is -2.53. The molecule has 8 nitrogen and oxygen atoms in total. The maximum absolute atomic E-state index is 12.7. The molecule has 2 amide bonds. The Hall–Kier alpha value is -3.37. The molecule has 0 saturated carbocycles. The Morgan fingerprint density at radius 2 is 1.83 bits per heavy atom. The zero-order valence-corrected chi connectivity index (χ0v) is 17.5. The summed E-state index contributed by atoms with van der Waals surface area (Å²) in [5.74, 6) is -0.658. The summed E-state index contributed by atoms with van der Waals surface area (Å²) >= 11 is 1.47. The molecule has 0 aliphatic carbocycles. The molecule has 156 valence electrons. The molecule has 1 aromatic heterocycles. The van der Waals surface area contributed by atoms with Crippen LogP contribution >= 0.6 is 11.3 Å². The number of para-hydroxylation sites is 2. The number of hydrogen-bond donors (Lipinski definition) is 3. The highest BCUT2D eigenvalue weighted by atomic mass is 32.2. The van der Waals surface area contributed by atoms with E-state index in [1.807, 2.05) is 16.8 Å². The number of sulfonamides is 1. The van der Waals surface area contributed by atoms with Crippen molar-refractivity contribution in [2.75, 3.05) is 11.8 Å². The molecule has 3 rings (SSSR count). The van der Waals surface area contributed by atoms with Gasteiger partial charge >= 0.3 is 0 Å². The molecule has 0 radical (unpaired) electrons. The fourth-order valence-electron chi connectivity index (χ4n) is 2.56. The number of benzene rings is 2. The number of ether oxygens (including phenoxy) is 1. The number of carbonyl (C=O) groups is 2. The highest BCUT2D eigenvalue weighted by molar-refractivity contribution is 7.92. The summed E-state index contributed by atoms with van der Waals surface area (Å²) in [5, 5.41) is 3.69. The van der Waals surface area contributed by atoms with Gasteiger partial charge in [0.05, 0.1) is 24.1 Å². The summed E-state index contributed by atoms with van der Waals surface area (Å²) in [6.07, 6.45) is 0.126. The fourth-order valence-corrected chi connectivity index (χ4v) is 4.34. The Balaban J connectivity index is 1.68. The quantitative estimate of drug-likeness (QED) is 0.484. The summed E-state index contributed by atoms with van der Waals surface area (Å²) in [4.78, 5) is 24.1. The highest BCUT2D eigenvalue weighted by Gasteiger charge is 2.18. The number of anilines is 1. The third-order valence-corrected chi connectivity index (χ3v) is 6.11. The van der Waals surface area contributed by atoms with Crippen LogP contribution in [0.2, 0.25) is 0 Å². The van der Waals surface area contributed by atoms with Crippen LogP contribution in [0.15, 0.2) is 70.3 Å². The van der Waals surface area contributed by atoms with Crippen molar-refractivity contribution in [3.05, 3.63) is 76.5 Å². The first-order valence-electron chi connectivity index (χ1n) is 8.75. The third kappa shape index (κ3) is 5.37. The first-order chi connectivity index (χ1) is 14.4. The predicted molar refractivity (Wildman–Crippen MR) is 114 cm³/mol. The Bertz CT molecular complexity index is 1140. The lowest BCUT2D eigenvalue weighted by Gasteiger charge is -2.12. The molecule has 1 heterocycles. The molecule has 0 atom stereocenters. The van der Waals surface area contributed by atoms with Gasteiger partial charge < -0.3 is 4.74 Å². The van der Waals surface area contributed by atoms with Crippen LogP contribution in [0.25, 0.3) is 0 Å². The van der Waals surface area contributed by atoms with Crippen molar-refractivity contribution >= 4 is 38.9 Å². The summed E-state index contributed by atoms with van der Waals surface area (Å²) in [6.45, 7) is 0.